The standard InChI is InChI=1S/C30H37N3O6S/c1-7-26(30(35)31-4)32(19-23-10-8-9-22(3)17-23)29(34)20-33(27-18-24(38-5)13-16-28(27)39-6)40(36,37)25-14-11-21(2)12-15-25/h8-18,26H,7,19-20H2,1-6H3,(H,31,35)/t26-/m0/s1. The molecule has 0 aromatic heterocycles. The van der Waals surface area contributed by atoms with Crippen molar-refractivity contribution in [2.24, 2.45) is 0 Å². The molecule has 3 aromatic rings. The fourth-order valence-corrected chi connectivity index (χ4v) is 5.85. The van der Waals surface area contributed by atoms with E-state index >= 15 is 0 Å². The van der Waals surface area contributed by atoms with E-state index in [0.29, 0.717) is 12.2 Å². The van der Waals surface area contributed by atoms with Crippen molar-refractivity contribution in [1.82, 2.24) is 10.2 Å². The Labute approximate surface area is 236 Å². The first-order chi connectivity index (χ1) is 19.0. The van der Waals surface area contributed by atoms with Crippen LogP contribution < -0.4 is 19.1 Å². The summed E-state index contributed by atoms with van der Waals surface area (Å²) in [6.45, 7) is 5.16. The highest BCUT2D eigenvalue weighted by Crippen LogP contribution is 2.36. The maximum Gasteiger partial charge on any atom is 0.264 e. The SMILES string of the molecule is CC[C@@H](C(=O)NC)N(Cc1cccc(C)c1)C(=O)CN(c1cc(OC)ccc1OC)S(=O)(=O)c1ccc(C)cc1. The number of carbonyl (C=O) groups excluding carboxylic acids is 2. The summed E-state index contributed by atoms with van der Waals surface area (Å²) in [4.78, 5) is 28.4. The molecule has 214 valence electrons. The Hall–Kier alpha value is -4.05. The van der Waals surface area contributed by atoms with Gasteiger partial charge in [0.15, 0.2) is 0 Å². The van der Waals surface area contributed by atoms with Gasteiger partial charge in [-0.25, -0.2) is 8.42 Å². The number of hydrogen-bond acceptors (Lipinski definition) is 6. The van der Waals surface area contributed by atoms with Gasteiger partial charge >= 0.3 is 0 Å². The molecule has 1 N–H and O–H groups in total. The Morgan fingerprint density at radius 1 is 0.925 bits per heavy atom. The molecule has 0 aliphatic heterocycles. The van der Waals surface area contributed by atoms with Crippen molar-refractivity contribution in [2.45, 2.75) is 44.7 Å². The molecular weight excluding hydrogens is 530 g/mol. The number of nitrogens with zero attached hydrogens (tertiary/aromatic N) is 2. The van der Waals surface area contributed by atoms with E-state index in [0.717, 1.165) is 21.0 Å². The first-order valence-electron chi connectivity index (χ1n) is 12.9. The summed E-state index contributed by atoms with van der Waals surface area (Å²) in [5.41, 5.74) is 2.85. The highest BCUT2D eigenvalue weighted by atomic mass is 32.2. The molecule has 2 amide bonds. The number of amides is 2. The summed E-state index contributed by atoms with van der Waals surface area (Å²) in [5.74, 6) is -0.249. The van der Waals surface area contributed by atoms with E-state index < -0.39 is 28.5 Å². The van der Waals surface area contributed by atoms with Crippen molar-refractivity contribution in [3.63, 3.8) is 0 Å². The molecule has 10 heteroatoms. The molecule has 1 atom stereocenters. The maximum atomic E-state index is 14.1. The van der Waals surface area contributed by atoms with Gasteiger partial charge in [0, 0.05) is 19.7 Å². The van der Waals surface area contributed by atoms with Crippen LogP contribution in [0.15, 0.2) is 71.6 Å². The lowest BCUT2D eigenvalue weighted by Gasteiger charge is -2.33. The Balaban J connectivity index is 2.15. The lowest BCUT2D eigenvalue weighted by atomic mass is 10.1. The van der Waals surface area contributed by atoms with Crippen molar-refractivity contribution in [2.75, 3.05) is 32.1 Å². The summed E-state index contributed by atoms with van der Waals surface area (Å²) in [7, 11) is 0.154. The van der Waals surface area contributed by atoms with Gasteiger partial charge in [-0.05, 0) is 50.1 Å². The number of methoxy groups -OCH3 is 2. The second kappa shape index (κ2) is 13.3. The van der Waals surface area contributed by atoms with Gasteiger partial charge < -0.3 is 19.7 Å². The highest BCUT2D eigenvalue weighted by molar-refractivity contribution is 7.92. The zero-order chi connectivity index (χ0) is 29.4. The first-order valence-corrected chi connectivity index (χ1v) is 14.4. The van der Waals surface area contributed by atoms with Crippen LogP contribution in [0.5, 0.6) is 11.5 Å². The molecule has 0 fully saturated rings. The van der Waals surface area contributed by atoms with Gasteiger partial charge in [-0.2, -0.15) is 0 Å². The van der Waals surface area contributed by atoms with Crippen molar-refractivity contribution in [3.05, 3.63) is 83.4 Å². The topological polar surface area (TPSA) is 105 Å². The van der Waals surface area contributed by atoms with Gasteiger partial charge in [0.1, 0.15) is 24.1 Å². The molecule has 0 aliphatic rings. The van der Waals surface area contributed by atoms with Crippen LogP contribution in [-0.2, 0) is 26.2 Å². The van der Waals surface area contributed by atoms with Crippen LogP contribution in [0.2, 0.25) is 0 Å². The number of likely N-dealkylation sites (N-methyl/N-ethyl adjacent to an activating group) is 1. The predicted molar refractivity (Wildman–Crippen MR) is 155 cm³/mol. The summed E-state index contributed by atoms with van der Waals surface area (Å²) in [6, 6.07) is 17.9. The Morgan fingerprint density at radius 2 is 1.62 bits per heavy atom. The number of hydrogen-bond donors (Lipinski definition) is 1. The molecule has 0 radical (unpaired) electrons. The van der Waals surface area contributed by atoms with Crippen molar-refractivity contribution in [3.8, 4) is 11.5 Å². The lowest BCUT2D eigenvalue weighted by molar-refractivity contribution is -0.140. The third kappa shape index (κ3) is 6.93. The monoisotopic (exact) mass is 567 g/mol. The van der Waals surface area contributed by atoms with Crippen molar-refractivity contribution < 1.29 is 27.5 Å². The van der Waals surface area contributed by atoms with Gasteiger partial charge in [-0.3, -0.25) is 13.9 Å². The van der Waals surface area contributed by atoms with Gasteiger partial charge in [0.25, 0.3) is 10.0 Å². The number of anilines is 1. The normalized spacial score (nSPS) is 11.8. The molecule has 9 nitrogen and oxygen atoms in total. The molecule has 0 spiro atoms. The molecule has 40 heavy (non-hydrogen) atoms. The minimum atomic E-state index is -4.25. The zero-order valence-electron chi connectivity index (χ0n) is 23.8. The lowest BCUT2D eigenvalue weighted by Crippen LogP contribution is -2.51. The van der Waals surface area contributed by atoms with Crippen LogP contribution in [0.4, 0.5) is 5.69 Å². The fourth-order valence-electron chi connectivity index (χ4n) is 4.44. The largest absolute Gasteiger partial charge is 0.497 e. The molecule has 0 saturated carbocycles. The van der Waals surface area contributed by atoms with E-state index in [1.165, 1.54) is 44.4 Å². The summed E-state index contributed by atoms with van der Waals surface area (Å²) in [5, 5.41) is 2.63. The second-order valence-electron chi connectivity index (χ2n) is 9.41. The minimum absolute atomic E-state index is 0.0133. The maximum absolute atomic E-state index is 14.1. The molecule has 3 aromatic carbocycles. The van der Waals surface area contributed by atoms with E-state index in [9.17, 15) is 18.0 Å². The number of ether oxygens (including phenoxy) is 2. The Morgan fingerprint density at radius 3 is 2.20 bits per heavy atom. The van der Waals surface area contributed by atoms with Gasteiger partial charge in [-0.1, -0.05) is 54.4 Å². The van der Waals surface area contributed by atoms with Crippen LogP contribution in [0.25, 0.3) is 0 Å². The van der Waals surface area contributed by atoms with E-state index in [-0.39, 0.29) is 28.8 Å². The van der Waals surface area contributed by atoms with Crippen LogP contribution in [0, 0.1) is 13.8 Å². The van der Waals surface area contributed by atoms with Crippen LogP contribution >= 0.6 is 0 Å². The van der Waals surface area contributed by atoms with Gasteiger partial charge in [0.2, 0.25) is 11.8 Å². The summed E-state index contributed by atoms with van der Waals surface area (Å²) in [6.07, 6.45) is 0.338. The third-order valence-corrected chi connectivity index (χ3v) is 8.38. The predicted octanol–water partition coefficient (Wildman–Crippen LogP) is 4.07. The number of sulfonamides is 1. The number of aryl methyl sites for hydroxylation is 2. The summed E-state index contributed by atoms with van der Waals surface area (Å²) < 4.78 is 40.0. The van der Waals surface area contributed by atoms with Gasteiger partial charge in [0.05, 0.1) is 24.8 Å². The van der Waals surface area contributed by atoms with Crippen LogP contribution in [0.1, 0.15) is 30.0 Å². The van der Waals surface area contributed by atoms with Gasteiger partial charge in [-0.15, -0.1) is 0 Å². The second-order valence-corrected chi connectivity index (χ2v) is 11.3. The number of benzene rings is 3. The smallest absolute Gasteiger partial charge is 0.264 e. The molecule has 0 heterocycles. The minimum Gasteiger partial charge on any atom is -0.497 e. The zero-order valence-corrected chi connectivity index (χ0v) is 24.6. The van der Waals surface area contributed by atoms with E-state index in [4.69, 9.17) is 9.47 Å². The highest BCUT2D eigenvalue weighted by Gasteiger charge is 2.34. The van der Waals surface area contributed by atoms with Crippen molar-refractivity contribution in [1.29, 1.82) is 0 Å². The summed E-state index contributed by atoms with van der Waals surface area (Å²) >= 11 is 0. The number of rotatable bonds is 12. The third-order valence-electron chi connectivity index (χ3n) is 6.61. The first kappa shape index (κ1) is 30.5. The Kier molecular flexibility index (Phi) is 10.2. The average Bonchev–Trinajstić information content (AvgIpc) is 2.95. The number of nitrogens with one attached hydrogen (secondary N) is 1. The van der Waals surface area contributed by atoms with E-state index in [2.05, 4.69) is 5.32 Å². The molecule has 0 saturated heterocycles. The quantitative estimate of drug-likeness (QED) is 0.354. The van der Waals surface area contributed by atoms with Crippen LogP contribution in [0.3, 0.4) is 0 Å². The van der Waals surface area contributed by atoms with E-state index in [1.807, 2.05) is 45.0 Å². The van der Waals surface area contributed by atoms with Crippen molar-refractivity contribution >= 4 is 27.5 Å². The average molecular weight is 568 g/mol. The number of carbonyl (C=O) groups is 2. The molecular formula is C30H37N3O6S. The fraction of sp³-hybridized carbons (Fsp3) is 0.333. The molecule has 0 bridgehead atoms. The Bertz CT molecular complexity index is 1440. The molecule has 3 rings (SSSR count). The van der Waals surface area contributed by atoms with Crippen LogP contribution in [-0.4, -0.2) is 59.0 Å². The molecule has 0 unspecified atom stereocenters. The molecule has 0 aliphatic carbocycles. The van der Waals surface area contributed by atoms with E-state index in [1.54, 1.807) is 24.3 Å².